The summed E-state index contributed by atoms with van der Waals surface area (Å²) >= 11 is 2.05. The van der Waals surface area contributed by atoms with Crippen LogP contribution in [0.1, 0.15) is 31.9 Å². The van der Waals surface area contributed by atoms with E-state index in [1.54, 1.807) is 0 Å². The molecule has 1 N–H and O–H groups in total. The lowest BCUT2D eigenvalue weighted by atomic mass is 10.2. The third kappa shape index (κ3) is 2.94. The van der Waals surface area contributed by atoms with E-state index < -0.39 is 0 Å². The highest BCUT2D eigenvalue weighted by atomic mass is 32.2. The number of nitrogens with one attached hydrogen (secondary N) is 1. The van der Waals surface area contributed by atoms with Crippen LogP contribution in [0.25, 0.3) is 0 Å². The summed E-state index contributed by atoms with van der Waals surface area (Å²) in [6.45, 7) is 5.32. The second-order valence-electron chi connectivity index (χ2n) is 4.46. The van der Waals surface area contributed by atoms with Crippen molar-refractivity contribution in [2.75, 3.05) is 16.8 Å². The Balaban J connectivity index is 2.01. The fourth-order valence-corrected chi connectivity index (χ4v) is 3.18. The first kappa shape index (κ1) is 11.8. The Bertz CT molecular complexity index is 329. The van der Waals surface area contributed by atoms with Gasteiger partial charge in [-0.15, -0.1) is 0 Å². The van der Waals surface area contributed by atoms with E-state index in [0.717, 1.165) is 24.6 Å². The number of hydrogen-bond acceptors (Lipinski definition) is 3. The summed E-state index contributed by atoms with van der Waals surface area (Å²) in [5.74, 6) is 3.60. The van der Waals surface area contributed by atoms with Gasteiger partial charge in [-0.2, -0.15) is 11.8 Å². The third-order valence-electron chi connectivity index (χ3n) is 2.86. The molecule has 0 saturated carbocycles. The molecule has 1 aromatic rings. The van der Waals surface area contributed by atoms with Crippen LogP contribution in [0.15, 0.2) is 6.20 Å². The van der Waals surface area contributed by atoms with Gasteiger partial charge in [-0.3, -0.25) is 0 Å². The van der Waals surface area contributed by atoms with Gasteiger partial charge in [0.1, 0.15) is 0 Å². The molecular weight excluding hydrogens is 218 g/mol. The summed E-state index contributed by atoms with van der Waals surface area (Å²) in [7, 11) is 0. The lowest BCUT2D eigenvalue weighted by molar-refractivity contribution is 0.644. The van der Waals surface area contributed by atoms with Gasteiger partial charge >= 0.3 is 0 Å². The fraction of sp³-hybridized carbons (Fsp3) is 0.750. The van der Waals surface area contributed by atoms with Crippen molar-refractivity contribution < 1.29 is 0 Å². The van der Waals surface area contributed by atoms with Crippen LogP contribution in [-0.4, -0.2) is 27.1 Å². The highest BCUT2D eigenvalue weighted by Gasteiger charge is 2.15. The van der Waals surface area contributed by atoms with E-state index in [1.807, 2.05) is 11.8 Å². The van der Waals surface area contributed by atoms with Gasteiger partial charge in [-0.1, -0.05) is 6.92 Å². The summed E-state index contributed by atoms with van der Waals surface area (Å²) in [4.78, 5) is 4.57. The standard InChI is InChI=1S/C12H21N3S/c1-3-6-15-8-10(2)13-12(15)14-11-5-4-7-16-9-11/h8,11H,3-7,9H2,1-2H3,(H,13,14). The van der Waals surface area contributed by atoms with Crippen LogP contribution >= 0.6 is 11.8 Å². The maximum absolute atomic E-state index is 4.57. The Morgan fingerprint density at radius 3 is 3.19 bits per heavy atom. The Labute approximate surface area is 102 Å². The quantitative estimate of drug-likeness (QED) is 0.876. The molecule has 90 valence electrons. The molecule has 1 unspecified atom stereocenters. The largest absolute Gasteiger partial charge is 0.352 e. The average Bonchev–Trinajstić information content (AvgIpc) is 2.61. The molecule has 1 aliphatic heterocycles. The van der Waals surface area contributed by atoms with Gasteiger partial charge in [0.15, 0.2) is 0 Å². The fourth-order valence-electron chi connectivity index (χ4n) is 2.11. The van der Waals surface area contributed by atoms with Crippen LogP contribution in [0.4, 0.5) is 5.95 Å². The predicted octanol–water partition coefficient (Wildman–Crippen LogP) is 2.91. The Morgan fingerprint density at radius 1 is 1.62 bits per heavy atom. The van der Waals surface area contributed by atoms with Crippen LogP contribution in [0, 0.1) is 6.92 Å². The van der Waals surface area contributed by atoms with Crippen LogP contribution < -0.4 is 5.32 Å². The number of imidazole rings is 1. The second-order valence-corrected chi connectivity index (χ2v) is 5.61. The molecule has 0 aromatic carbocycles. The highest BCUT2D eigenvalue weighted by Crippen LogP contribution is 2.20. The van der Waals surface area contributed by atoms with Crippen molar-refractivity contribution in [3.63, 3.8) is 0 Å². The minimum absolute atomic E-state index is 0.608. The van der Waals surface area contributed by atoms with Crippen LogP contribution in [0.5, 0.6) is 0 Å². The first-order chi connectivity index (χ1) is 7.79. The van der Waals surface area contributed by atoms with E-state index in [4.69, 9.17) is 0 Å². The Hall–Kier alpha value is -0.640. The van der Waals surface area contributed by atoms with Crippen LogP contribution in [0.3, 0.4) is 0 Å². The molecule has 16 heavy (non-hydrogen) atoms. The molecule has 0 aliphatic carbocycles. The van der Waals surface area contributed by atoms with E-state index in [2.05, 4.69) is 34.9 Å². The zero-order valence-corrected chi connectivity index (χ0v) is 11.0. The van der Waals surface area contributed by atoms with Crippen molar-refractivity contribution in [2.24, 2.45) is 0 Å². The number of thioether (sulfide) groups is 1. The molecular formula is C12H21N3S. The number of rotatable bonds is 4. The van der Waals surface area contributed by atoms with E-state index in [1.165, 1.54) is 24.3 Å². The minimum Gasteiger partial charge on any atom is -0.352 e. The molecule has 1 aromatic heterocycles. The second kappa shape index (κ2) is 5.62. The van der Waals surface area contributed by atoms with Gasteiger partial charge in [0.05, 0.1) is 5.69 Å². The Kier molecular flexibility index (Phi) is 4.16. The van der Waals surface area contributed by atoms with Gasteiger partial charge in [-0.05, 0) is 31.9 Å². The number of anilines is 1. The monoisotopic (exact) mass is 239 g/mol. The van der Waals surface area contributed by atoms with Crippen molar-refractivity contribution in [1.82, 2.24) is 9.55 Å². The molecule has 1 atom stereocenters. The van der Waals surface area contributed by atoms with Gasteiger partial charge in [0.2, 0.25) is 5.95 Å². The van der Waals surface area contributed by atoms with Crippen molar-refractivity contribution in [1.29, 1.82) is 0 Å². The molecule has 1 aliphatic rings. The summed E-state index contributed by atoms with van der Waals surface area (Å²) in [6, 6.07) is 0.608. The third-order valence-corrected chi connectivity index (χ3v) is 4.07. The summed E-state index contributed by atoms with van der Waals surface area (Å²) in [5, 5.41) is 3.59. The van der Waals surface area contributed by atoms with Gasteiger partial charge in [-0.25, -0.2) is 4.98 Å². The highest BCUT2D eigenvalue weighted by molar-refractivity contribution is 7.99. The molecule has 2 heterocycles. The van der Waals surface area contributed by atoms with Gasteiger partial charge < -0.3 is 9.88 Å². The molecule has 1 fully saturated rings. The molecule has 0 amide bonds. The lowest BCUT2D eigenvalue weighted by Gasteiger charge is -2.23. The topological polar surface area (TPSA) is 29.9 Å². The maximum atomic E-state index is 4.57. The first-order valence-corrected chi connectivity index (χ1v) is 7.33. The molecule has 0 bridgehead atoms. The number of aryl methyl sites for hydroxylation is 2. The number of nitrogens with zero attached hydrogens (tertiary/aromatic N) is 2. The maximum Gasteiger partial charge on any atom is 0.203 e. The zero-order chi connectivity index (χ0) is 11.4. The van der Waals surface area contributed by atoms with Crippen molar-refractivity contribution in [3.05, 3.63) is 11.9 Å². The van der Waals surface area contributed by atoms with E-state index in [9.17, 15) is 0 Å². The summed E-state index contributed by atoms with van der Waals surface area (Å²) < 4.78 is 2.24. The van der Waals surface area contributed by atoms with Gasteiger partial charge in [0, 0.05) is 24.5 Å². The van der Waals surface area contributed by atoms with Crippen molar-refractivity contribution in [3.8, 4) is 0 Å². The van der Waals surface area contributed by atoms with Crippen molar-refractivity contribution in [2.45, 2.75) is 45.7 Å². The molecule has 0 spiro atoms. The first-order valence-electron chi connectivity index (χ1n) is 6.17. The summed E-state index contributed by atoms with van der Waals surface area (Å²) in [5.41, 5.74) is 1.11. The van der Waals surface area contributed by atoms with Crippen LogP contribution in [-0.2, 0) is 6.54 Å². The predicted molar refractivity (Wildman–Crippen MR) is 71.2 cm³/mol. The normalized spacial score (nSPS) is 21.0. The van der Waals surface area contributed by atoms with E-state index >= 15 is 0 Å². The molecule has 1 saturated heterocycles. The SMILES string of the molecule is CCCn1cc(C)nc1NC1CCCSC1. The van der Waals surface area contributed by atoms with E-state index in [-0.39, 0.29) is 0 Å². The molecule has 0 radical (unpaired) electrons. The smallest absolute Gasteiger partial charge is 0.203 e. The molecule has 4 heteroatoms. The summed E-state index contributed by atoms with van der Waals surface area (Å²) in [6.07, 6.45) is 5.91. The average molecular weight is 239 g/mol. The van der Waals surface area contributed by atoms with Crippen LogP contribution in [0.2, 0.25) is 0 Å². The number of hydrogen-bond donors (Lipinski definition) is 1. The number of aromatic nitrogens is 2. The molecule has 3 nitrogen and oxygen atoms in total. The van der Waals surface area contributed by atoms with Crippen molar-refractivity contribution >= 4 is 17.7 Å². The zero-order valence-electron chi connectivity index (χ0n) is 10.2. The minimum atomic E-state index is 0.608. The molecule has 2 rings (SSSR count). The lowest BCUT2D eigenvalue weighted by Crippen LogP contribution is -2.27. The van der Waals surface area contributed by atoms with Gasteiger partial charge in [0.25, 0.3) is 0 Å². The Morgan fingerprint density at radius 2 is 2.50 bits per heavy atom. The van der Waals surface area contributed by atoms with E-state index in [0.29, 0.717) is 6.04 Å².